The van der Waals surface area contributed by atoms with Gasteiger partial charge < -0.3 is 18.9 Å². The van der Waals surface area contributed by atoms with Crippen molar-refractivity contribution < 1.29 is 28.5 Å². The second-order valence-corrected chi connectivity index (χ2v) is 7.33. The van der Waals surface area contributed by atoms with Crippen molar-refractivity contribution >= 4 is 11.9 Å². The Morgan fingerprint density at radius 1 is 0.966 bits per heavy atom. The van der Waals surface area contributed by atoms with Crippen LogP contribution in [-0.2, 0) is 28.5 Å². The third kappa shape index (κ3) is 4.95. The quantitative estimate of drug-likeness (QED) is 0.676. The van der Waals surface area contributed by atoms with E-state index in [1.807, 2.05) is 24.3 Å². The molecule has 0 bridgehead atoms. The summed E-state index contributed by atoms with van der Waals surface area (Å²) in [7, 11) is 0. The van der Waals surface area contributed by atoms with Crippen molar-refractivity contribution in [2.45, 2.75) is 63.9 Å². The van der Waals surface area contributed by atoms with Gasteiger partial charge in [-0.15, -0.1) is 0 Å². The summed E-state index contributed by atoms with van der Waals surface area (Å²) in [4.78, 5) is 24.4. The molecule has 156 valence electrons. The van der Waals surface area contributed by atoms with Crippen molar-refractivity contribution in [2.75, 3.05) is 13.2 Å². The average molecular weight is 401 g/mol. The van der Waals surface area contributed by atoms with Gasteiger partial charge >= 0.3 is 11.9 Å². The normalized spacial score (nSPS) is 27.2. The first-order valence-electron chi connectivity index (χ1n) is 10.2. The van der Waals surface area contributed by atoms with E-state index < -0.39 is 30.4 Å². The van der Waals surface area contributed by atoms with Gasteiger partial charge in [-0.2, -0.15) is 5.26 Å². The largest absolute Gasteiger partial charge is 0.464 e. The molecular weight excluding hydrogens is 374 g/mol. The van der Waals surface area contributed by atoms with Crippen LogP contribution >= 0.6 is 0 Å². The maximum atomic E-state index is 12.2. The molecule has 1 aliphatic carbocycles. The average Bonchev–Trinajstić information content (AvgIpc) is 3.20. The van der Waals surface area contributed by atoms with Gasteiger partial charge in [-0.1, -0.05) is 12.1 Å². The number of benzene rings is 1. The molecule has 0 amide bonds. The molecule has 0 N–H and O–H groups in total. The molecule has 0 radical (unpaired) electrons. The van der Waals surface area contributed by atoms with Crippen molar-refractivity contribution in [3.63, 3.8) is 0 Å². The molecule has 1 aliphatic heterocycles. The minimum atomic E-state index is -1.09. The van der Waals surface area contributed by atoms with E-state index in [1.54, 1.807) is 13.8 Å². The molecule has 7 heteroatoms. The van der Waals surface area contributed by atoms with Gasteiger partial charge in [0.1, 0.15) is 0 Å². The lowest BCUT2D eigenvalue weighted by atomic mass is 9.78. The Labute approximate surface area is 170 Å². The van der Waals surface area contributed by atoms with E-state index >= 15 is 0 Å². The number of nitrogens with zero attached hydrogens (tertiary/aromatic N) is 1. The van der Waals surface area contributed by atoms with E-state index in [2.05, 4.69) is 6.07 Å². The summed E-state index contributed by atoms with van der Waals surface area (Å²) in [6, 6.07) is 9.86. The summed E-state index contributed by atoms with van der Waals surface area (Å²) in [5.41, 5.74) is 1.88. The van der Waals surface area contributed by atoms with E-state index in [-0.39, 0.29) is 19.1 Å². The lowest BCUT2D eigenvalue weighted by Crippen LogP contribution is -2.39. The fourth-order valence-corrected chi connectivity index (χ4v) is 4.05. The monoisotopic (exact) mass is 401 g/mol. The van der Waals surface area contributed by atoms with Crippen LogP contribution in [0.25, 0.3) is 0 Å². The highest BCUT2D eigenvalue weighted by molar-refractivity contribution is 5.86. The van der Waals surface area contributed by atoms with Gasteiger partial charge in [-0.05, 0) is 63.1 Å². The summed E-state index contributed by atoms with van der Waals surface area (Å²) in [6.07, 6.45) is 0.828. The molecule has 1 saturated heterocycles. The standard InChI is InChI=1S/C22H27NO6/c1-3-26-20(24)18-19(21(25)27-4-2)29-22(28-18)17-11-9-16(10-12-17)15-7-5-14(13-23)6-8-15/h5-8,16-19,22H,3-4,9-12H2,1-2H3/t16-,17-,18-,19-/m0/s1. The van der Waals surface area contributed by atoms with Crippen LogP contribution < -0.4 is 0 Å². The van der Waals surface area contributed by atoms with E-state index in [0.29, 0.717) is 11.5 Å². The first kappa shape index (κ1) is 21.3. The molecule has 3 rings (SSSR count). The highest BCUT2D eigenvalue weighted by Gasteiger charge is 2.49. The van der Waals surface area contributed by atoms with Crippen molar-refractivity contribution in [3.8, 4) is 6.07 Å². The maximum Gasteiger partial charge on any atom is 0.338 e. The summed E-state index contributed by atoms with van der Waals surface area (Å²) >= 11 is 0. The lowest BCUT2D eigenvalue weighted by molar-refractivity contribution is -0.163. The molecule has 29 heavy (non-hydrogen) atoms. The third-order valence-electron chi connectivity index (χ3n) is 5.54. The van der Waals surface area contributed by atoms with Crippen LogP contribution in [0, 0.1) is 17.2 Å². The second-order valence-electron chi connectivity index (χ2n) is 7.33. The van der Waals surface area contributed by atoms with Gasteiger partial charge in [0.05, 0.1) is 24.8 Å². The first-order valence-corrected chi connectivity index (χ1v) is 10.2. The number of nitriles is 1. The Kier molecular flexibility index (Phi) is 7.24. The zero-order valence-corrected chi connectivity index (χ0v) is 16.8. The number of carbonyl (C=O) groups excluding carboxylic acids is 2. The summed E-state index contributed by atoms with van der Waals surface area (Å²) in [5.74, 6) is -0.679. The number of rotatable bonds is 6. The minimum Gasteiger partial charge on any atom is -0.464 e. The molecule has 2 fully saturated rings. The van der Waals surface area contributed by atoms with Crippen LogP contribution in [0.2, 0.25) is 0 Å². The number of ether oxygens (including phenoxy) is 4. The van der Waals surface area contributed by atoms with Gasteiger partial charge in [-0.25, -0.2) is 9.59 Å². The first-order chi connectivity index (χ1) is 14.1. The van der Waals surface area contributed by atoms with Gasteiger partial charge in [0, 0.05) is 5.92 Å². The van der Waals surface area contributed by atoms with Gasteiger partial charge in [-0.3, -0.25) is 0 Å². The van der Waals surface area contributed by atoms with E-state index in [4.69, 9.17) is 24.2 Å². The molecule has 0 unspecified atom stereocenters. The Bertz CT molecular complexity index is 722. The Morgan fingerprint density at radius 2 is 1.48 bits per heavy atom. The summed E-state index contributed by atoms with van der Waals surface area (Å²) < 4.78 is 21.7. The Balaban J connectivity index is 1.61. The molecule has 1 aromatic rings. The van der Waals surface area contributed by atoms with Crippen molar-refractivity contribution in [1.82, 2.24) is 0 Å². The molecule has 1 aromatic carbocycles. The molecule has 2 aliphatic rings. The molecule has 1 saturated carbocycles. The Morgan fingerprint density at radius 3 is 1.93 bits per heavy atom. The predicted octanol–water partition coefficient (Wildman–Crippen LogP) is 3.07. The lowest BCUT2D eigenvalue weighted by Gasteiger charge is -2.31. The molecular formula is C22H27NO6. The highest BCUT2D eigenvalue weighted by atomic mass is 16.8. The van der Waals surface area contributed by atoms with Crippen LogP contribution in [0.4, 0.5) is 0 Å². The van der Waals surface area contributed by atoms with Crippen molar-refractivity contribution in [1.29, 1.82) is 5.26 Å². The van der Waals surface area contributed by atoms with Crippen LogP contribution in [0.5, 0.6) is 0 Å². The third-order valence-corrected chi connectivity index (χ3v) is 5.54. The SMILES string of the molecule is CCOC(=O)[C@H]1OC([C@H]2CC[C@H](c3ccc(C#N)cc3)CC2)O[C@@H]1C(=O)OCC. The van der Waals surface area contributed by atoms with E-state index in [9.17, 15) is 9.59 Å². The highest BCUT2D eigenvalue weighted by Crippen LogP contribution is 2.40. The number of carbonyl (C=O) groups is 2. The zero-order valence-electron chi connectivity index (χ0n) is 16.8. The topological polar surface area (TPSA) is 94.9 Å². The molecule has 2 atom stereocenters. The predicted molar refractivity (Wildman–Crippen MR) is 103 cm³/mol. The minimum absolute atomic E-state index is 0.0981. The smallest absolute Gasteiger partial charge is 0.338 e. The fourth-order valence-electron chi connectivity index (χ4n) is 4.05. The van der Waals surface area contributed by atoms with Crippen LogP contribution in [-0.4, -0.2) is 43.7 Å². The van der Waals surface area contributed by atoms with E-state index in [1.165, 1.54) is 5.56 Å². The molecule has 1 heterocycles. The fraction of sp³-hybridized carbons (Fsp3) is 0.591. The van der Waals surface area contributed by atoms with Crippen LogP contribution in [0.1, 0.15) is 56.6 Å². The number of hydrogen-bond donors (Lipinski definition) is 0. The Hall–Kier alpha value is -2.43. The van der Waals surface area contributed by atoms with Gasteiger partial charge in [0.25, 0.3) is 0 Å². The summed E-state index contributed by atoms with van der Waals surface area (Å²) in [5, 5.41) is 8.94. The van der Waals surface area contributed by atoms with E-state index in [0.717, 1.165) is 25.7 Å². The second kappa shape index (κ2) is 9.86. The van der Waals surface area contributed by atoms with Gasteiger partial charge in [0.2, 0.25) is 0 Å². The number of hydrogen-bond acceptors (Lipinski definition) is 7. The molecule has 0 spiro atoms. The number of esters is 2. The van der Waals surface area contributed by atoms with Crippen molar-refractivity contribution in [3.05, 3.63) is 35.4 Å². The van der Waals surface area contributed by atoms with Crippen LogP contribution in [0.15, 0.2) is 24.3 Å². The van der Waals surface area contributed by atoms with Gasteiger partial charge in [0.15, 0.2) is 18.5 Å². The van der Waals surface area contributed by atoms with Crippen molar-refractivity contribution in [2.24, 2.45) is 5.92 Å². The molecule has 0 aromatic heterocycles. The zero-order chi connectivity index (χ0) is 20.8. The maximum absolute atomic E-state index is 12.2. The molecule has 7 nitrogen and oxygen atoms in total. The van der Waals surface area contributed by atoms with Crippen LogP contribution in [0.3, 0.4) is 0 Å². The summed E-state index contributed by atoms with van der Waals surface area (Å²) in [6.45, 7) is 3.81.